The zero-order valence-corrected chi connectivity index (χ0v) is 17.7. The van der Waals surface area contributed by atoms with Crippen molar-refractivity contribution in [2.45, 2.75) is 33.3 Å². The second-order valence-corrected chi connectivity index (χ2v) is 7.73. The molecule has 0 aliphatic heterocycles. The van der Waals surface area contributed by atoms with Gasteiger partial charge < -0.3 is 5.11 Å². The lowest BCUT2D eigenvalue weighted by atomic mass is 9.87. The first-order valence-corrected chi connectivity index (χ1v) is 9.47. The number of halogens is 1. The Labute approximate surface area is 171 Å². The van der Waals surface area contributed by atoms with E-state index in [4.69, 9.17) is 0 Å². The fraction of sp³-hybridized carbons (Fsp3) is 0.417. The third-order valence-electron chi connectivity index (χ3n) is 4.20. The summed E-state index contributed by atoms with van der Waals surface area (Å²) in [6.45, 7) is 11.6. The molecule has 0 saturated heterocycles. The highest BCUT2D eigenvalue weighted by Gasteiger charge is 2.29. The molecule has 3 heteroatoms. The summed E-state index contributed by atoms with van der Waals surface area (Å²) in [4.78, 5) is 2.37. The highest BCUT2D eigenvalue weighted by molar-refractivity contribution is 5.85. The van der Waals surface area contributed by atoms with Crippen LogP contribution in [0.25, 0.3) is 0 Å². The summed E-state index contributed by atoms with van der Waals surface area (Å²) in [5, 5.41) is 11.4. The largest absolute Gasteiger partial charge is 0.369 e. The Bertz CT molecular complexity index is 667. The van der Waals surface area contributed by atoms with Crippen LogP contribution < -0.4 is 0 Å². The van der Waals surface area contributed by atoms with Crippen LogP contribution in [0.2, 0.25) is 0 Å². The quantitative estimate of drug-likeness (QED) is 0.681. The number of aliphatic hydroxyl groups is 1. The van der Waals surface area contributed by atoms with Gasteiger partial charge in [-0.3, -0.25) is 4.90 Å². The van der Waals surface area contributed by atoms with E-state index in [9.17, 15) is 5.11 Å². The van der Waals surface area contributed by atoms with Gasteiger partial charge >= 0.3 is 0 Å². The Morgan fingerprint density at radius 1 is 0.815 bits per heavy atom. The first kappa shape index (κ1) is 23.2. The standard InChI is InChI=1S/C24H31NO.ClH/c1-20(2)18-25(19-21(3)4)17-11-16-24(26,22-12-7-5-8-13-22)23-14-9-6-10-15-23;/h5-10,12-15,20-21,26H,17-19H2,1-4H3;1H. The molecule has 27 heavy (non-hydrogen) atoms. The third-order valence-corrected chi connectivity index (χ3v) is 4.20. The maximum atomic E-state index is 11.4. The van der Waals surface area contributed by atoms with E-state index in [0.29, 0.717) is 18.4 Å². The van der Waals surface area contributed by atoms with Crippen molar-refractivity contribution < 1.29 is 5.11 Å². The second kappa shape index (κ2) is 11.1. The summed E-state index contributed by atoms with van der Waals surface area (Å²) in [5.41, 5.74) is 0.320. The van der Waals surface area contributed by atoms with Gasteiger partial charge in [0.05, 0.1) is 6.54 Å². The van der Waals surface area contributed by atoms with Crippen LogP contribution in [0.4, 0.5) is 0 Å². The Morgan fingerprint density at radius 2 is 1.22 bits per heavy atom. The Balaban J connectivity index is 0.00000364. The van der Waals surface area contributed by atoms with Gasteiger partial charge in [-0.05, 0) is 11.8 Å². The van der Waals surface area contributed by atoms with Crippen molar-refractivity contribution in [3.63, 3.8) is 0 Å². The Kier molecular flexibility index (Phi) is 9.60. The van der Waals surface area contributed by atoms with Crippen LogP contribution in [-0.2, 0) is 5.60 Å². The van der Waals surface area contributed by atoms with E-state index in [-0.39, 0.29) is 12.4 Å². The molecular formula is C24H32ClNO. The molecule has 146 valence electrons. The first-order chi connectivity index (χ1) is 12.4. The highest BCUT2D eigenvalue weighted by Crippen LogP contribution is 2.28. The molecule has 2 aromatic rings. The molecule has 0 aliphatic carbocycles. The summed E-state index contributed by atoms with van der Waals surface area (Å²) < 4.78 is 0. The van der Waals surface area contributed by atoms with Crippen LogP contribution in [0, 0.1) is 23.7 Å². The van der Waals surface area contributed by atoms with Crippen LogP contribution in [0.5, 0.6) is 0 Å². The zero-order chi connectivity index (χ0) is 19.0. The van der Waals surface area contributed by atoms with Crippen LogP contribution in [0.15, 0.2) is 60.7 Å². The normalized spacial score (nSPS) is 11.3. The van der Waals surface area contributed by atoms with Gasteiger partial charge in [-0.2, -0.15) is 0 Å². The predicted octanol–water partition coefficient (Wildman–Crippen LogP) is 4.96. The molecule has 2 nitrogen and oxygen atoms in total. The van der Waals surface area contributed by atoms with Crippen molar-refractivity contribution in [3.05, 3.63) is 71.8 Å². The molecule has 0 saturated carbocycles. The molecule has 0 amide bonds. The van der Waals surface area contributed by atoms with Crippen molar-refractivity contribution in [2.75, 3.05) is 19.6 Å². The Morgan fingerprint density at radius 3 is 1.59 bits per heavy atom. The fourth-order valence-corrected chi connectivity index (χ4v) is 3.19. The summed E-state index contributed by atoms with van der Waals surface area (Å²) in [7, 11) is 0. The predicted molar refractivity (Wildman–Crippen MR) is 117 cm³/mol. The van der Waals surface area contributed by atoms with Gasteiger partial charge in [-0.25, -0.2) is 0 Å². The number of hydrogen-bond acceptors (Lipinski definition) is 2. The molecule has 0 bridgehead atoms. The maximum Gasteiger partial charge on any atom is 0.176 e. The van der Waals surface area contributed by atoms with Crippen molar-refractivity contribution in [3.8, 4) is 11.8 Å². The summed E-state index contributed by atoms with van der Waals surface area (Å²) in [5.74, 6) is 7.62. The molecule has 0 atom stereocenters. The van der Waals surface area contributed by atoms with Crippen molar-refractivity contribution >= 4 is 12.4 Å². The van der Waals surface area contributed by atoms with Gasteiger partial charge in [0.2, 0.25) is 0 Å². The molecule has 2 aromatic carbocycles. The van der Waals surface area contributed by atoms with Gasteiger partial charge in [-0.15, -0.1) is 12.4 Å². The maximum absolute atomic E-state index is 11.4. The molecule has 0 aliphatic rings. The van der Waals surface area contributed by atoms with Crippen LogP contribution in [-0.4, -0.2) is 29.6 Å². The zero-order valence-electron chi connectivity index (χ0n) is 16.9. The second-order valence-electron chi connectivity index (χ2n) is 7.73. The number of hydrogen-bond donors (Lipinski definition) is 1. The van der Waals surface area contributed by atoms with Gasteiger partial charge in [0, 0.05) is 24.2 Å². The minimum Gasteiger partial charge on any atom is -0.369 e. The summed E-state index contributed by atoms with van der Waals surface area (Å²) in [6.07, 6.45) is 0. The van der Waals surface area contributed by atoms with Crippen LogP contribution in [0.1, 0.15) is 38.8 Å². The van der Waals surface area contributed by atoms with E-state index in [1.54, 1.807) is 0 Å². The average Bonchev–Trinajstić information content (AvgIpc) is 2.62. The molecule has 2 rings (SSSR count). The van der Waals surface area contributed by atoms with Crippen molar-refractivity contribution in [2.24, 2.45) is 11.8 Å². The van der Waals surface area contributed by atoms with E-state index in [0.717, 1.165) is 24.2 Å². The lowest BCUT2D eigenvalue weighted by Gasteiger charge is -2.25. The number of rotatable bonds is 7. The van der Waals surface area contributed by atoms with E-state index >= 15 is 0 Å². The first-order valence-electron chi connectivity index (χ1n) is 9.47. The topological polar surface area (TPSA) is 23.5 Å². The molecule has 0 unspecified atom stereocenters. The van der Waals surface area contributed by atoms with Crippen LogP contribution in [0.3, 0.4) is 0 Å². The van der Waals surface area contributed by atoms with E-state index in [2.05, 4.69) is 44.4 Å². The smallest absolute Gasteiger partial charge is 0.176 e. The molecule has 0 aromatic heterocycles. The lowest BCUT2D eigenvalue weighted by Crippen LogP contribution is -2.32. The average molecular weight is 386 g/mol. The minimum atomic E-state index is -1.29. The summed E-state index contributed by atoms with van der Waals surface area (Å²) in [6, 6.07) is 19.4. The molecule has 0 radical (unpaired) electrons. The summed E-state index contributed by atoms with van der Waals surface area (Å²) >= 11 is 0. The van der Waals surface area contributed by atoms with E-state index in [1.807, 2.05) is 60.7 Å². The van der Waals surface area contributed by atoms with Crippen LogP contribution >= 0.6 is 12.4 Å². The Hall–Kier alpha value is -1.79. The van der Waals surface area contributed by atoms with Gasteiger partial charge in [-0.1, -0.05) is 100 Å². The van der Waals surface area contributed by atoms with Gasteiger partial charge in [0.1, 0.15) is 0 Å². The third kappa shape index (κ3) is 7.03. The highest BCUT2D eigenvalue weighted by atomic mass is 35.5. The molecule has 0 spiro atoms. The van der Waals surface area contributed by atoms with Gasteiger partial charge in [0.25, 0.3) is 0 Å². The SMILES string of the molecule is CC(C)CN(CC#CC(O)(c1ccccc1)c1ccccc1)CC(C)C.Cl. The molecule has 1 N–H and O–H groups in total. The van der Waals surface area contributed by atoms with E-state index in [1.165, 1.54) is 0 Å². The molecule has 0 fully saturated rings. The monoisotopic (exact) mass is 385 g/mol. The fourth-order valence-electron chi connectivity index (χ4n) is 3.19. The molecule has 0 heterocycles. The molecular weight excluding hydrogens is 354 g/mol. The van der Waals surface area contributed by atoms with Crippen molar-refractivity contribution in [1.29, 1.82) is 0 Å². The number of benzene rings is 2. The van der Waals surface area contributed by atoms with Crippen molar-refractivity contribution in [1.82, 2.24) is 4.90 Å². The van der Waals surface area contributed by atoms with E-state index < -0.39 is 5.60 Å². The number of nitrogens with zero attached hydrogens (tertiary/aromatic N) is 1. The van der Waals surface area contributed by atoms with Gasteiger partial charge in [0.15, 0.2) is 5.60 Å². The minimum absolute atomic E-state index is 0. The lowest BCUT2D eigenvalue weighted by molar-refractivity contribution is 0.145.